The second kappa shape index (κ2) is 6.31. The van der Waals surface area contributed by atoms with Crippen LogP contribution >= 0.6 is 0 Å². The van der Waals surface area contributed by atoms with Crippen LogP contribution in [-0.2, 0) is 0 Å². The lowest BCUT2D eigenvalue weighted by molar-refractivity contribution is 0.294. The summed E-state index contributed by atoms with van der Waals surface area (Å²) in [6.07, 6.45) is 4.44. The molecule has 0 bridgehead atoms. The number of pyridine rings is 1. The Labute approximate surface area is 126 Å². The van der Waals surface area contributed by atoms with Crippen molar-refractivity contribution in [2.45, 2.75) is 19.8 Å². The van der Waals surface area contributed by atoms with Crippen molar-refractivity contribution in [2.75, 3.05) is 37.2 Å². The molecule has 1 aliphatic rings. The maximum absolute atomic E-state index is 6.10. The first kappa shape index (κ1) is 14.1. The standard InChI is InChI=1S/C17H24N4/c1-13(12-21-8-4-5-9-21)10-20-17-14-6-2-3-7-16(14)19-11-15(17)18/h2-3,6-7,11,13H,4-5,8-10,12,18H2,1H3,(H,19,20). The van der Waals surface area contributed by atoms with Crippen molar-refractivity contribution in [3.63, 3.8) is 0 Å². The minimum atomic E-state index is 0.606. The normalized spacial score (nSPS) is 17.2. The zero-order valence-corrected chi connectivity index (χ0v) is 12.7. The van der Waals surface area contributed by atoms with E-state index in [4.69, 9.17) is 5.73 Å². The van der Waals surface area contributed by atoms with Gasteiger partial charge in [0.05, 0.1) is 23.1 Å². The van der Waals surface area contributed by atoms with Crippen LogP contribution in [0.5, 0.6) is 0 Å². The fraction of sp³-hybridized carbons (Fsp3) is 0.471. The average molecular weight is 284 g/mol. The van der Waals surface area contributed by atoms with Crippen LogP contribution in [0.4, 0.5) is 11.4 Å². The zero-order valence-electron chi connectivity index (χ0n) is 12.7. The van der Waals surface area contributed by atoms with Crippen LogP contribution in [0, 0.1) is 5.92 Å². The molecule has 1 atom stereocenters. The summed E-state index contributed by atoms with van der Waals surface area (Å²) in [4.78, 5) is 6.93. The number of nitrogens with two attached hydrogens (primary N) is 1. The fourth-order valence-electron chi connectivity index (χ4n) is 3.10. The summed E-state index contributed by atoms with van der Waals surface area (Å²) in [7, 11) is 0. The van der Waals surface area contributed by atoms with Crippen molar-refractivity contribution in [3.05, 3.63) is 30.5 Å². The highest BCUT2D eigenvalue weighted by Crippen LogP contribution is 2.27. The third-order valence-electron chi connectivity index (χ3n) is 4.20. The molecule has 0 aliphatic carbocycles. The van der Waals surface area contributed by atoms with Gasteiger partial charge in [-0.15, -0.1) is 0 Å². The largest absolute Gasteiger partial charge is 0.396 e. The molecule has 0 spiro atoms. The van der Waals surface area contributed by atoms with Gasteiger partial charge in [-0.05, 0) is 37.9 Å². The van der Waals surface area contributed by atoms with Crippen molar-refractivity contribution in [3.8, 4) is 0 Å². The number of nitrogens with zero attached hydrogens (tertiary/aromatic N) is 2. The van der Waals surface area contributed by atoms with Gasteiger partial charge in [0.25, 0.3) is 0 Å². The van der Waals surface area contributed by atoms with Crippen LogP contribution in [0.25, 0.3) is 10.9 Å². The topological polar surface area (TPSA) is 54.2 Å². The summed E-state index contributed by atoms with van der Waals surface area (Å²) in [5.41, 5.74) is 8.83. The van der Waals surface area contributed by atoms with Gasteiger partial charge in [0.1, 0.15) is 0 Å². The maximum Gasteiger partial charge on any atom is 0.0743 e. The van der Waals surface area contributed by atoms with E-state index in [9.17, 15) is 0 Å². The molecule has 2 heterocycles. The Balaban J connectivity index is 1.68. The number of hydrogen-bond donors (Lipinski definition) is 2. The molecule has 1 saturated heterocycles. The number of aromatic nitrogens is 1. The van der Waals surface area contributed by atoms with Gasteiger partial charge in [0.2, 0.25) is 0 Å². The Morgan fingerprint density at radius 2 is 2.05 bits per heavy atom. The van der Waals surface area contributed by atoms with E-state index in [0.717, 1.165) is 35.4 Å². The monoisotopic (exact) mass is 284 g/mol. The predicted molar refractivity (Wildman–Crippen MR) is 89.5 cm³/mol. The van der Waals surface area contributed by atoms with Gasteiger partial charge in [0, 0.05) is 18.5 Å². The molecule has 1 fully saturated rings. The van der Waals surface area contributed by atoms with Gasteiger partial charge in [-0.3, -0.25) is 4.98 Å². The second-order valence-electron chi connectivity index (χ2n) is 6.10. The molecule has 0 amide bonds. The van der Waals surface area contributed by atoms with E-state index in [-0.39, 0.29) is 0 Å². The molecular weight excluding hydrogens is 260 g/mol. The molecular formula is C17H24N4. The molecule has 4 nitrogen and oxygen atoms in total. The highest BCUT2D eigenvalue weighted by atomic mass is 15.1. The number of rotatable bonds is 5. The van der Waals surface area contributed by atoms with Crippen molar-refractivity contribution < 1.29 is 0 Å². The molecule has 1 unspecified atom stereocenters. The van der Waals surface area contributed by atoms with Gasteiger partial charge in [-0.25, -0.2) is 0 Å². The lowest BCUT2D eigenvalue weighted by atomic mass is 10.1. The number of para-hydroxylation sites is 1. The number of anilines is 2. The van der Waals surface area contributed by atoms with Crippen molar-refractivity contribution in [2.24, 2.45) is 5.92 Å². The SMILES string of the molecule is CC(CNc1c(N)cnc2ccccc12)CN1CCCC1. The Hall–Kier alpha value is -1.81. The zero-order chi connectivity index (χ0) is 14.7. The Morgan fingerprint density at radius 3 is 2.86 bits per heavy atom. The van der Waals surface area contributed by atoms with Gasteiger partial charge >= 0.3 is 0 Å². The summed E-state index contributed by atoms with van der Waals surface area (Å²) in [5.74, 6) is 0.606. The highest BCUT2D eigenvalue weighted by Gasteiger charge is 2.15. The molecule has 1 aromatic heterocycles. The van der Waals surface area contributed by atoms with Crippen molar-refractivity contribution in [1.82, 2.24) is 9.88 Å². The Morgan fingerprint density at radius 1 is 1.29 bits per heavy atom. The first-order chi connectivity index (χ1) is 10.2. The van der Waals surface area contributed by atoms with E-state index in [1.54, 1.807) is 6.20 Å². The third-order valence-corrected chi connectivity index (χ3v) is 4.20. The van der Waals surface area contributed by atoms with Crippen LogP contribution in [0.1, 0.15) is 19.8 Å². The number of likely N-dealkylation sites (tertiary alicyclic amines) is 1. The van der Waals surface area contributed by atoms with E-state index in [1.165, 1.54) is 25.9 Å². The molecule has 1 aromatic carbocycles. The third kappa shape index (κ3) is 3.27. The highest BCUT2D eigenvalue weighted by molar-refractivity contribution is 5.96. The van der Waals surface area contributed by atoms with E-state index in [0.29, 0.717) is 5.92 Å². The van der Waals surface area contributed by atoms with Gasteiger partial charge in [-0.1, -0.05) is 25.1 Å². The average Bonchev–Trinajstić information content (AvgIpc) is 2.99. The van der Waals surface area contributed by atoms with E-state index >= 15 is 0 Å². The molecule has 1 aliphatic heterocycles. The van der Waals surface area contributed by atoms with Gasteiger partial charge < -0.3 is 16.0 Å². The Kier molecular flexibility index (Phi) is 4.25. The number of nitrogen functional groups attached to an aromatic ring is 1. The molecule has 0 radical (unpaired) electrons. The van der Waals surface area contributed by atoms with E-state index in [1.807, 2.05) is 18.2 Å². The van der Waals surface area contributed by atoms with Crippen LogP contribution in [-0.4, -0.2) is 36.1 Å². The van der Waals surface area contributed by atoms with Gasteiger partial charge in [0.15, 0.2) is 0 Å². The first-order valence-electron chi connectivity index (χ1n) is 7.83. The number of hydrogen-bond acceptors (Lipinski definition) is 4. The van der Waals surface area contributed by atoms with Crippen LogP contribution in [0.2, 0.25) is 0 Å². The summed E-state index contributed by atoms with van der Waals surface area (Å²) >= 11 is 0. The molecule has 2 aromatic rings. The summed E-state index contributed by atoms with van der Waals surface area (Å²) in [6, 6.07) is 8.13. The van der Waals surface area contributed by atoms with E-state index < -0.39 is 0 Å². The Bertz CT molecular complexity index is 605. The van der Waals surface area contributed by atoms with Crippen molar-refractivity contribution in [1.29, 1.82) is 0 Å². The minimum Gasteiger partial charge on any atom is -0.396 e. The molecule has 21 heavy (non-hydrogen) atoms. The first-order valence-corrected chi connectivity index (χ1v) is 7.83. The fourth-order valence-corrected chi connectivity index (χ4v) is 3.10. The summed E-state index contributed by atoms with van der Waals surface area (Å²) in [5, 5.41) is 4.64. The van der Waals surface area contributed by atoms with Gasteiger partial charge in [-0.2, -0.15) is 0 Å². The van der Waals surface area contributed by atoms with Crippen LogP contribution in [0.15, 0.2) is 30.5 Å². The molecule has 3 rings (SSSR count). The predicted octanol–water partition coefficient (Wildman–Crippen LogP) is 2.96. The molecule has 4 heteroatoms. The molecule has 112 valence electrons. The lowest BCUT2D eigenvalue weighted by Gasteiger charge is -2.21. The van der Waals surface area contributed by atoms with E-state index in [2.05, 4.69) is 28.2 Å². The molecule has 0 saturated carbocycles. The van der Waals surface area contributed by atoms with Crippen molar-refractivity contribution >= 4 is 22.3 Å². The minimum absolute atomic E-state index is 0.606. The quantitative estimate of drug-likeness (QED) is 0.886. The molecule has 3 N–H and O–H groups in total. The lowest BCUT2D eigenvalue weighted by Crippen LogP contribution is -2.29. The smallest absolute Gasteiger partial charge is 0.0743 e. The maximum atomic E-state index is 6.10. The number of benzene rings is 1. The van der Waals surface area contributed by atoms with Crippen LogP contribution < -0.4 is 11.1 Å². The number of nitrogens with one attached hydrogen (secondary N) is 1. The number of fused-ring (bicyclic) bond motifs is 1. The van der Waals surface area contributed by atoms with Crippen LogP contribution in [0.3, 0.4) is 0 Å². The summed E-state index contributed by atoms with van der Waals surface area (Å²) in [6.45, 7) is 6.91. The summed E-state index contributed by atoms with van der Waals surface area (Å²) < 4.78 is 0. The second-order valence-corrected chi connectivity index (χ2v) is 6.10.